The fraction of sp³-hybridized carbons (Fsp3) is 0.200. The predicted molar refractivity (Wildman–Crippen MR) is 105 cm³/mol. The summed E-state index contributed by atoms with van der Waals surface area (Å²) in [5.41, 5.74) is 2.69. The van der Waals surface area contributed by atoms with E-state index in [0.717, 1.165) is 24.4 Å². The molecule has 1 heterocycles. The van der Waals surface area contributed by atoms with Crippen LogP contribution in [0, 0.1) is 17.2 Å². The first-order valence-electron chi connectivity index (χ1n) is 8.40. The Morgan fingerprint density at radius 2 is 1.85 bits per heavy atom. The number of hydrogen-bond acceptors (Lipinski definition) is 5. The van der Waals surface area contributed by atoms with Crippen molar-refractivity contribution in [1.82, 2.24) is 0 Å². The van der Waals surface area contributed by atoms with Crippen LogP contribution >= 0.6 is 11.6 Å². The van der Waals surface area contributed by atoms with Gasteiger partial charge in [-0.05, 0) is 55.5 Å². The second kappa shape index (κ2) is 8.02. The Morgan fingerprint density at radius 1 is 1.19 bits per heavy atom. The summed E-state index contributed by atoms with van der Waals surface area (Å²) in [7, 11) is 0. The van der Waals surface area contributed by atoms with Crippen molar-refractivity contribution >= 4 is 40.4 Å². The molecule has 3 rings (SSSR count). The molecule has 1 N–H and O–H groups in total. The maximum Gasteiger partial charge on any atom is 0.249 e. The van der Waals surface area contributed by atoms with Crippen LogP contribution in [0.25, 0.3) is 0 Å². The molecule has 7 heteroatoms. The Labute approximate surface area is 162 Å². The molecule has 0 aromatic heterocycles. The number of carbonyl (C=O) groups is 2. The molecule has 1 aliphatic heterocycles. The first kappa shape index (κ1) is 18.6. The van der Waals surface area contributed by atoms with Gasteiger partial charge in [0.05, 0.1) is 11.8 Å². The fourth-order valence-corrected chi connectivity index (χ4v) is 2.84. The molecule has 0 fully saturated rings. The van der Waals surface area contributed by atoms with Gasteiger partial charge in [-0.1, -0.05) is 11.6 Å². The standard InChI is InChI=1S/C20H17ClN4O2/c1-13-10-11-25(24-13)17-8-2-14(3-9-17)19(26)18(12-22)20(27)23-16-6-4-15(21)5-7-16/h2-9,18H,10-11H2,1H3,(H,23,27). The van der Waals surface area contributed by atoms with Gasteiger partial charge in [0.25, 0.3) is 0 Å². The lowest BCUT2D eigenvalue weighted by molar-refractivity contribution is -0.117. The topological polar surface area (TPSA) is 85.6 Å². The average Bonchev–Trinajstić information content (AvgIpc) is 3.10. The minimum absolute atomic E-state index is 0.302. The van der Waals surface area contributed by atoms with Gasteiger partial charge in [0.15, 0.2) is 11.7 Å². The van der Waals surface area contributed by atoms with Crippen LogP contribution in [0.15, 0.2) is 53.6 Å². The van der Waals surface area contributed by atoms with E-state index in [-0.39, 0.29) is 0 Å². The van der Waals surface area contributed by atoms with E-state index in [1.165, 1.54) is 0 Å². The molecule has 0 saturated carbocycles. The van der Waals surface area contributed by atoms with Crippen molar-refractivity contribution in [2.45, 2.75) is 13.3 Å². The third kappa shape index (κ3) is 4.33. The zero-order valence-electron chi connectivity index (χ0n) is 14.6. The number of hydrogen-bond donors (Lipinski definition) is 1. The van der Waals surface area contributed by atoms with Crippen LogP contribution in [-0.2, 0) is 4.79 Å². The lowest BCUT2D eigenvalue weighted by Crippen LogP contribution is -2.28. The van der Waals surface area contributed by atoms with Gasteiger partial charge in [-0.3, -0.25) is 14.6 Å². The normalized spacial score (nSPS) is 14.3. The molecule has 0 saturated heterocycles. The Kier molecular flexibility index (Phi) is 5.53. The number of ketones is 1. The number of anilines is 2. The van der Waals surface area contributed by atoms with Crippen molar-refractivity contribution < 1.29 is 9.59 Å². The number of Topliss-reactive ketones (excluding diaryl/α,β-unsaturated/α-hetero) is 1. The third-order valence-corrected chi connectivity index (χ3v) is 4.44. The highest BCUT2D eigenvalue weighted by atomic mass is 35.5. The summed E-state index contributed by atoms with van der Waals surface area (Å²) in [6.07, 6.45) is 0.905. The molecule has 1 unspecified atom stereocenters. The predicted octanol–water partition coefficient (Wildman–Crippen LogP) is 3.89. The van der Waals surface area contributed by atoms with E-state index < -0.39 is 17.6 Å². The van der Waals surface area contributed by atoms with Gasteiger partial charge in [-0.15, -0.1) is 0 Å². The van der Waals surface area contributed by atoms with Crippen molar-refractivity contribution in [3.8, 4) is 6.07 Å². The summed E-state index contributed by atoms with van der Waals surface area (Å²) in [5.74, 6) is -2.65. The molecule has 2 aromatic carbocycles. The molecule has 0 aliphatic carbocycles. The van der Waals surface area contributed by atoms with E-state index >= 15 is 0 Å². The molecule has 6 nitrogen and oxygen atoms in total. The van der Waals surface area contributed by atoms with E-state index in [1.54, 1.807) is 54.6 Å². The Hall–Kier alpha value is -3.17. The first-order chi connectivity index (χ1) is 13.0. The number of benzene rings is 2. The van der Waals surface area contributed by atoms with Crippen LogP contribution in [0.3, 0.4) is 0 Å². The van der Waals surface area contributed by atoms with E-state index in [1.807, 2.05) is 11.9 Å². The zero-order valence-corrected chi connectivity index (χ0v) is 15.4. The number of nitrogens with one attached hydrogen (secondary N) is 1. The molecule has 0 spiro atoms. The van der Waals surface area contributed by atoms with Crippen molar-refractivity contribution in [3.63, 3.8) is 0 Å². The number of nitrogens with zero attached hydrogens (tertiary/aromatic N) is 3. The third-order valence-electron chi connectivity index (χ3n) is 4.19. The lowest BCUT2D eigenvalue weighted by Gasteiger charge is -2.14. The summed E-state index contributed by atoms with van der Waals surface area (Å²) in [6, 6.07) is 15.0. The van der Waals surface area contributed by atoms with Gasteiger partial charge in [0, 0.05) is 35.0 Å². The Balaban J connectivity index is 1.71. The smallest absolute Gasteiger partial charge is 0.249 e. The highest BCUT2D eigenvalue weighted by Crippen LogP contribution is 2.21. The number of nitriles is 1. The fourth-order valence-electron chi connectivity index (χ4n) is 2.71. The van der Waals surface area contributed by atoms with Crippen molar-refractivity contribution in [2.75, 3.05) is 16.9 Å². The molecular weight excluding hydrogens is 364 g/mol. The Morgan fingerprint density at radius 3 is 2.41 bits per heavy atom. The van der Waals surface area contributed by atoms with Crippen LogP contribution in [-0.4, -0.2) is 23.9 Å². The van der Waals surface area contributed by atoms with Crippen LogP contribution in [0.5, 0.6) is 0 Å². The lowest BCUT2D eigenvalue weighted by atomic mass is 9.97. The summed E-state index contributed by atoms with van der Waals surface area (Å²) in [6.45, 7) is 2.76. The van der Waals surface area contributed by atoms with E-state index in [4.69, 9.17) is 11.6 Å². The molecule has 2 aromatic rings. The van der Waals surface area contributed by atoms with Crippen LogP contribution in [0.1, 0.15) is 23.7 Å². The summed E-state index contributed by atoms with van der Waals surface area (Å²) < 4.78 is 0. The molecule has 1 aliphatic rings. The van der Waals surface area contributed by atoms with E-state index in [9.17, 15) is 14.9 Å². The molecule has 136 valence electrons. The largest absolute Gasteiger partial charge is 0.325 e. The van der Waals surface area contributed by atoms with Gasteiger partial charge in [-0.2, -0.15) is 10.4 Å². The molecule has 1 atom stereocenters. The van der Waals surface area contributed by atoms with Crippen LogP contribution in [0.2, 0.25) is 5.02 Å². The molecular formula is C20H17ClN4O2. The maximum atomic E-state index is 12.6. The van der Waals surface area contributed by atoms with Gasteiger partial charge in [0.2, 0.25) is 5.91 Å². The molecule has 27 heavy (non-hydrogen) atoms. The first-order valence-corrected chi connectivity index (χ1v) is 8.77. The van der Waals surface area contributed by atoms with Gasteiger partial charge >= 0.3 is 0 Å². The number of hydrazone groups is 1. The number of amides is 1. The minimum Gasteiger partial charge on any atom is -0.325 e. The molecule has 0 bridgehead atoms. The van der Waals surface area contributed by atoms with Gasteiger partial charge in [-0.25, -0.2) is 0 Å². The second-order valence-electron chi connectivity index (χ2n) is 6.18. The minimum atomic E-state index is -1.43. The second-order valence-corrected chi connectivity index (χ2v) is 6.61. The van der Waals surface area contributed by atoms with Crippen molar-refractivity contribution in [3.05, 3.63) is 59.1 Å². The van der Waals surface area contributed by atoms with Gasteiger partial charge < -0.3 is 5.32 Å². The zero-order chi connectivity index (χ0) is 19.4. The van der Waals surface area contributed by atoms with Gasteiger partial charge in [0.1, 0.15) is 0 Å². The molecule has 1 amide bonds. The van der Waals surface area contributed by atoms with Crippen molar-refractivity contribution in [1.29, 1.82) is 5.26 Å². The van der Waals surface area contributed by atoms with Crippen molar-refractivity contribution in [2.24, 2.45) is 11.0 Å². The summed E-state index contributed by atoms with van der Waals surface area (Å²) in [4.78, 5) is 24.9. The highest BCUT2D eigenvalue weighted by molar-refractivity contribution is 6.30. The van der Waals surface area contributed by atoms with Crippen LogP contribution in [0.4, 0.5) is 11.4 Å². The monoisotopic (exact) mass is 380 g/mol. The average molecular weight is 381 g/mol. The number of halogens is 1. The summed E-state index contributed by atoms with van der Waals surface area (Å²) >= 11 is 5.81. The SMILES string of the molecule is CC1=NN(c2ccc(C(=O)C(C#N)C(=O)Nc3ccc(Cl)cc3)cc2)CC1. The maximum absolute atomic E-state index is 12.6. The molecule has 0 radical (unpaired) electrons. The number of carbonyl (C=O) groups excluding carboxylic acids is 2. The highest BCUT2D eigenvalue weighted by Gasteiger charge is 2.28. The number of rotatable bonds is 5. The van der Waals surface area contributed by atoms with E-state index in [0.29, 0.717) is 16.3 Å². The quantitative estimate of drug-likeness (QED) is 0.629. The van der Waals surface area contributed by atoms with E-state index in [2.05, 4.69) is 10.4 Å². The summed E-state index contributed by atoms with van der Waals surface area (Å²) in [5, 5.41) is 18.7. The van der Waals surface area contributed by atoms with Crippen LogP contribution < -0.4 is 10.3 Å². The Bertz CT molecular complexity index is 930.